The number of hydrogen-bond donors (Lipinski definition) is 1. The first-order valence-corrected chi connectivity index (χ1v) is 3.69. The third kappa shape index (κ3) is 1.89. The van der Waals surface area contributed by atoms with Crippen LogP contribution in [0.15, 0.2) is 0 Å². The second kappa shape index (κ2) is 3.17. The third-order valence-corrected chi connectivity index (χ3v) is 1.95. The summed E-state index contributed by atoms with van der Waals surface area (Å²) >= 11 is 0. The minimum absolute atomic E-state index is 0.101. The quantitative estimate of drug-likeness (QED) is 0.540. The highest BCUT2D eigenvalue weighted by Crippen LogP contribution is 2.13. The molecule has 0 aromatic heterocycles. The number of hydrogen-bond acceptors (Lipinski definition) is 2. The number of halogens is 1. The van der Waals surface area contributed by atoms with E-state index in [9.17, 15) is 9.18 Å². The Kier molecular flexibility index (Phi) is 2.44. The summed E-state index contributed by atoms with van der Waals surface area (Å²) in [6, 6.07) is 0. The van der Waals surface area contributed by atoms with Gasteiger partial charge >= 0.3 is 0 Å². The fourth-order valence-corrected chi connectivity index (χ4v) is 1.19. The monoisotopic (exact) mass is 161 g/mol. The summed E-state index contributed by atoms with van der Waals surface area (Å²) in [5.74, 6) is -0.101. The van der Waals surface area contributed by atoms with E-state index in [0.29, 0.717) is 6.54 Å². The topological polar surface area (TPSA) is 40.5 Å². The summed E-state index contributed by atoms with van der Waals surface area (Å²) < 4.78 is 12.6. The maximum absolute atomic E-state index is 12.6. The van der Waals surface area contributed by atoms with Crippen molar-refractivity contribution in [1.29, 1.82) is 0 Å². The van der Waals surface area contributed by atoms with Gasteiger partial charge in [0.15, 0.2) is 0 Å². The van der Waals surface area contributed by atoms with E-state index >= 15 is 0 Å². The molecular formula is C7H12FNO2. The Balaban J connectivity index is 2.46. The average molecular weight is 161 g/mol. The SMILES string of the molecule is CC(=O)N1CC[C@H](F)[C@@H](O)C1. The highest BCUT2D eigenvalue weighted by atomic mass is 19.1. The molecule has 1 rings (SSSR count). The van der Waals surface area contributed by atoms with Crippen molar-refractivity contribution in [1.82, 2.24) is 4.90 Å². The number of nitrogens with zero attached hydrogens (tertiary/aromatic N) is 1. The van der Waals surface area contributed by atoms with Crippen LogP contribution in [0.4, 0.5) is 4.39 Å². The van der Waals surface area contributed by atoms with Crippen molar-refractivity contribution in [2.45, 2.75) is 25.6 Å². The van der Waals surface area contributed by atoms with Gasteiger partial charge in [-0.25, -0.2) is 4.39 Å². The Labute approximate surface area is 64.8 Å². The molecule has 0 aromatic carbocycles. The van der Waals surface area contributed by atoms with E-state index < -0.39 is 12.3 Å². The van der Waals surface area contributed by atoms with Gasteiger partial charge in [0.25, 0.3) is 0 Å². The van der Waals surface area contributed by atoms with Crippen molar-refractivity contribution < 1.29 is 14.3 Å². The molecule has 0 radical (unpaired) electrons. The highest BCUT2D eigenvalue weighted by molar-refractivity contribution is 5.73. The van der Waals surface area contributed by atoms with Crippen molar-refractivity contribution in [3.05, 3.63) is 0 Å². The molecule has 3 nitrogen and oxygen atoms in total. The Morgan fingerprint density at radius 1 is 1.73 bits per heavy atom. The number of aliphatic hydroxyl groups is 1. The number of piperidine rings is 1. The van der Waals surface area contributed by atoms with Crippen molar-refractivity contribution in [3.8, 4) is 0 Å². The summed E-state index contributed by atoms with van der Waals surface area (Å²) in [4.78, 5) is 12.2. The molecule has 1 heterocycles. The lowest BCUT2D eigenvalue weighted by molar-refractivity contribution is -0.133. The smallest absolute Gasteiger partial charge is 0.219 e. The molecule has 1 aliphatic heterocycles. The van der Waals surface area contributed by atoms with Gasteiger partial charge in [-0.15, -0.1) is 0 Å². The first-order valence-electron chi connectivity index (χ1n) is 3.69. The van der Waals surface area contributed by atoms with Crippen molar-refractivity contribution in [2.75, 3.05) is 13.1 Å². The van der Waals surface area contributed by atoms with Gasteiger partial charge in [0.05, 0.1) is 0 Å². The lowest BCUT2D eigenvalue weighted by atomic mass is 10.1. The molecule has 2 atom stereocenters. The van der Waals surface area contributed by atoms with Gasteiger partial charge in [-0.3, -0.25) is 4.79 Å². The van der Waals surface area contributed by atoms with Crippen LogP contribution in [0, 0.1) is 0 Å². The minimum atomic E-state index is -1.16. The molecular weight excluding hydrogens is 149 g/mol. The lowest BCUT2D eigenvalue weighted by Gasteiger charge is -2.31. The van der Waals surface area contributed by atoms with Crippen molar-refractivity contribution in [2.24, 2.45) is 0 Å². The molecule has 1 saturated heterocycles. The van der Waals surface area contributed by atoms with Gasteiger partial charge in [0.1, 0.15) is 12.3 Å². The number of β-amino-alcohol motifs (C(OH)–C–C–N with tert-alkyl or cyclic N) is 1. The number of alkyl halides is 1. The summed E-state index contributed by atoms with van der Waals surface area (Å²) in [6.07, 6.45) is -1.90. The van der Waals surface area contributed by atoms with Crippen LogP contribution in [0.1, 0.15) is 13.3 Å². The number of likely N-dealkylation sites (tertiary alicyclic amines) is 1. The van der Waals surface area contributed by atoms with Crippen LogP contribution in [0.25, 0.3) is 0 Å². The molecule has 11 heavy (non-hydrogen) atoms. The second-order valence-corrected chi connectivity index (χ2v) is 2.84. The van der Waals surface area contributed by atoms with E-state index in [1.54, 1.807) is 0 Å². The van der Waals surface area contributed by atoms with Crippen LogP contribution < -0.4 is 0 Å². The molecule has 1 aliphatic rings. The Morgan fingerprint density at radius 2 is 2.36 bits per heavy atom. The standard InChI is InChI=1S/C7H12FNO2/c1-5(10)9-3-2-6(8)7(11)4-9/h6-7,11H,2-4H2,1H3/t6-,7-/m0/s1. The minimum Gasteiger partial charge on any atom is -0.388 e. The number of amides is 1. The van der Waals surface area contributed by atoms with Crippen LogP contribution >= 0.6 is 0 Å². The van der Waals surface area contributed by atoms with E-state index in [-0.39, 0.29) is 18.9 Å². The molecule has 0 saturated carbocycles. The van der Waals surface area contributed by atoms with Gasteiger partial charge in [0, 0.05) is 20.0 Å². The van der Waals surface area contributed by atoms with Crippen molar-refractivity contribution >= 4 is 5.91 Å². The molecule has 1 N–H and O–H groups in total. The van der Waals surface area contributed by atoms with E-state index in [2.05, 4.69) is 0 Å². The van der Waals surface area contributed by atoms with Gasteiger partial charge in [0.2, 0.25) is 5.91 Å². The summed E-state index contributed by atoms with van der Waals surface area (Å²) in [5, 5.41) is 9.03. The number of rotatable bonds is 0. The number of aliphatic hydroxyl groups excluding tert-OH is 1. The first-order chi connectivity index (χ1) is 5.11. The van der Waals surface area contributed by atoms with Crippen LogP contribution in [-0.4, -0.2) is 41.3 Å². The average Bonchev–Trinajstić information content (AvgIpc) is 1.94. The normalized spacial score (nSPS) is 32.1. The fraction of sp³-hybridized carbons (Fsp3) is 0.857. The number of carbonyl (C=O) groups is 1. The largest absolute Gasteiger partial charge is 0.388 e. The number of carbonyl (C=O) groups excluding carboxylic acids is 1. The zero-order chi connectivity index (χ0) is 8.43. The van der Waals surface area contributed by atoms with Gasteiger partial charge in [-0.1, -0.05) is 0 Å². The van der Waals surface area contributed by atoms with Crippen molar-refractivity contribution in [3.63, 3.8) is 0 Å². The molecule has 64 valence electrons. The van der Waals surface area contributed by atoms with Crippen LogP contribution in [0.2, 0.25) is 0 Å². The zero-order valence-electron chi connectivity index (χ0n) is 6.46. The predicted octanol–water partition coefficient (Wildman–Crippen LogP) is -0.0624. The van der Waals surface area contributed by atoms with Crippen LogP contribution in [-0.2, 0) is 4.79 Å². The molecule has 4 heteroatoms. The molecule has 1 amide bonds. The Bertz CT molecular complexity index is 163. The Morgan fingerprint density at radius 3 is 2.82 bits per heavy atom. The summed E-state index contributed by atoms with van der Waals surface area (Å²) in [6.45, 7) is 1.98. The van der Waals surface area contributed by atoms with Gasteiger partial charge < -0.3 is 10.0 Å². The maximum Gasteiger partial charge on any atom is 0.219 e. The Hall–Kier alpha value is -0.640. The first kappa shape index (κ1) is 8.46. The van der Waals surface area contributed by atoms with E-state index in [0.717, 1.165) is 0 Å². The zero-order valence-corrected chi connectivity index (χ0v) is 6.46. The third-order valence-electron chi connectivity index (χ3n) is 1.95. The molecule has 1 fully saturated rings. The summed E-state index contributed by atoms with van der Waals surface area (Å²) in [5.41, 5.74) is 0. The molecule has 0 unspecified atom stereocenters. The maximum atomic E-state index is 12.6. The van der Waals surface area contributed by atoms with Crippen LogP contribution in [0.3, 0.4) is 0 Å². The van der Waals surface area contributed by atoms with Gasteiger partial charge in [-0.05, 0) is 6.42 Å². The van der Waals surface area contributed by atoms with Gasteiger partial charge in [-0.2, -0.15) is 0 Å². The second-order valence-electron chi connectivity index (χ2n) is 2.84. The summed E-state index contributed by atoms with van der Waals surface area (Å²) in [7, 11) is 0. The molecule has 0 bridgehead atoms. The fourth-order valence-electron chi connectivity index (χ4n) is 1.19. The van der Waals surface area contributed by atoms with Crippen LogP contribution in [0.5, 0.6) is 0 Å². The molecule has 0 spiro atoms. The predicted molar refractivity (Wildman–Crippen MR) is 37.8 cm³/mol. The molecule has 0 aliphatic carbocycles. The van der Waals surface area contributed by atoms with E-state index in [4.69, 9.17) is 5.11 Å². The van der Waals surface area contributed by atoms with E-state index in [1.807, 2.05) is 0 Å². The highest BCUT2D eigenvalue weighted by Gasteiger charge is 2.28. The van der Waals surface area contributed by atoms with E-state index in [1.165, 1.54) is 11.8 Å². The molecule has 0 aromatic rings. The lowest BCUT2D eigenvalue weighted by Crippen LogP contribution is -2.46.